The number of rotatable bonds is 17. The molecule has 0 aromatic carbocycles. The van der Waals surface area contributed by atoms with Gasteiger partial charge in [-0.15, -0.1) is 0 Å². The van der Waals surface area contributed by atoms with Crippen molar-refractivity contribution in [1.82, 2.24) is 0 Å². The van der Waals surface area contributed by atoms with Gasteiger partial charge < -0.3 is 71.7 Å². The zero-order chi connectivity index (χ0) is 54.2. The molecular weight excluding hydrogens is 931 g/mol. The van der Waals surface area contributed by atoms with Crippen LogP contribution >= 0.6 is 0 Å². The Bertz CT molecular complexity index is 1400. The first-order chi connectivity index (χ1) is 30.1. The zero-order valence-electron chi connectivity index (χ0n) is 44.0. The van der Waals surface area contributed by atoms with Gasteiger partial charge in [-0.1, -0.05) is 52.6 Å². The molecule has 0 atom stereocenters. The summed E-state index contributed by atoms with van der Waals surface area (Å²) in [4.78, 5) is 82.6. The highest BCUT2D eigenvalue weighted by atomic mass is 35.5. The van der Waals surface area contributed by atoms with Crippen LogP contribution in [0.4, 0.5) is 0 Å². The van der Waals surface area contributed by atoms with E-state index >= 15 is 0 Å². The number of nitrogens with zero attached hydrogens (tertiary/aromatic N) is 2. The van der Waals surface area contributed by atoms with Crippen molar-refractivity contribution in [2.75, 3.05) is 110 Å². The van der Waals surface area contributed by atoms with Crippen LogP contribution in [0.1, 0.15) is 55.4 Å². The minimum absolute atomic E-state index is 0. The molecule has 0 bridgehead atoms. The van der Waals surface area contributed by atoms with Gasteiger partial charge in [0.2, 0.25) is 0 Å². The van der Waals surface area contributed by atoms with Crippen molar-refractivity contribution in [2.45, 2.75) is 55.4 Å². The van der Waals surface area contributed by atoms with E-state index in [4.69, 9.17) is 9.47 Å². The fourth-order valence-electron chi connectivity index (χ4n) is 2.20. The lowest BCUT2D eigenvalue weighted by Gasteiger charge is -2.23. The lowest BCUT2D eigenvalue weighted by molar-refractivity contribution is -0.870. The summed E-state index contributed by atoms with van der Waals surface area (Å²) in [6.07, 6.45) is 3.43. The second-order valence-corrected chi connectivity index (χ2v) is 14.5. The third-order valence-electron chi connectivity index (χ3n) is 5.65. The molecule has 0 aliphatic carbocycles. The van der Waals surface area contributed by atoms with Gasteiger partial charge in [0.1, 0.15) is 26.3 Å². The molecule has 0 N–H and O–H groups in total. The summed E-state index contributed by atoms with van der Waals surface area (Å²) in [5, 5.41) is 0. The molecule has 0 saturated carbocycles. The SMILES string of the molecule is C=C(C)C(=O)OC.C=C(C)C(=O)OC.C=C(C)C(=O)OC.C=C(C)C(=O)OCC[N+](C)(C)C.C=C(C)C(=O)OCC[N+](C)(C)C.C=CC(=O)OCC.C=CC(=O)OCC.C=CC(=O)OCC.[Cl-].[Cl-]. The van der Waals surface area contributed by atoms with Gasteiger partial charge in [-0.2, -0.15) is 0 Å². The second kappa shape index (κ2) is 55.5. The van der Waals surface area contributed by atoms with Gasteiger partial charge in [0.05, 0.1) is 83.4 Å². The van der Waals surface area contributed by atoms with Crippen molar-refractivity contribution < 1.29 is 110 Å². The molecule has 0 spiro atoms. The highest BCUT2D eigenvalue weighted by Gasteiger charge is 2.10. The third kappa shape index (κ3) is 87.1. The Morgan fingerprint density at radius 1 is 0.382 bits per heavy atom. The molecule has 68 heavy (non-hydrogen) atoms. The maximum atomic E-state index is 10.9. The molecule has 0 aliphatic heterocycles. The molecule has 0 radical (unpaired) electrons. The Morgan fingerprint density at radius 2 is 0.559 bits per heavy atom. The second-order valence-electron chi connectivity index (χ2n) is 14.5. The fraction of sp³-hybridized carbons (Fsp3) is 0.500. The standard InChI is InChI=1S/2C9H18NO2.6C5H8O2.2ClH/c2*1-8(2)9(11)12-7-6-10(3,4)5;3*1-4(2)5(6)7-3;3*1-3-5(6)7-4-2;;/h2*1,6-7H2,2-5H3;3*1H2,2-3H3;3*3H,1,4H2,2H3;2*1H/q2*+1;;;;;;;;/p-2. The van der Waals surface area contributed by atoms with Gasteiger partial charge in [-0.3, -0.25) is 0 Å². The minimum Gasteiger partial charge on any atom is -1.00 e. The zero-order valence-corrected chi connectivity index (χ0v) is 45.5. The molecule has 0 aromatic rings. The molecule has 0 rings (SSSR count). The Labute approximate surface area is 420 Å². The topological polar surface area (TPSA) is 210 Å². The molecule has 0 amide bonds. The lowest BCUT2D eigenvalue weighted by atomic mass is 10.4. The predicted octanol–water partition coefficient (Wildman–Crippen LogP) is 0.0448. The molecule has 0 saturated heterocycles. The number of quaternary nitrogens is 2. The quantitative estimate of drug-likeness (QED) is 0.0816. The van der Waals surface area contributed by atoms with E-state index in [1.54, 1.807) is 55.4 Å². The molecule has 0 aromatic heterocycles. The van der Waals surface area contributed by atoms with Gasteiger partial charge >= 0.3 is 47.8 Å². The first-order valence-corrected chi connectivity index (χ1v) is 20.0. The largest absolute Gasteiger partial charge is 1.00 e. The molecule has 0 unspecified atom stereocenters. The normalized spacial score (nSPS) is 8.60. The van der Waals surface area contributed by atoms with Crippen LogP contribution in [0.3, 0.4) is 0 Å². The predicted molar refractivity (Wildman–Crippen MR) is 258 cm³/mol. The summed E-state index contributed by atoms with van der Waals surface area (Å²) in [6.45, 7) is 43.8. The van der Waals surface area contributed by atoms with Crippen LogP contribution in [-0.4, -0.2) is 166 Å². The molecule has 0 aliphatic rings. The van der Waals surface area contributed by atoms with E-state index in [2.05, 4.69) is 123 Å². The number of hydrogen-bond donors (Lipinski definition) is 0. The molecule has 0 fully saturated rings. The number of carbonyl (C=O) groups excluding carboxylic acids is 8. The van der Waals surface area contributed by atoms with Crippen LogP contribution in [0.15, 0.2) is 98.7 Å². The number of halogens is 2. The van der Waals surface area contributed by atoms with Gasteiger partial charge in [-0.05, 0) is 55.4 Å². The fourth-order valence-corrected chi connectivity index (χ4v) is 2.20. The van der Waals surface area contributed by atoms with Gasteiger partial charge in [0.15, 0.2) is 0 Å². The molecule has 18 nitrogen and oxygen atoms in total. The van der Waals surface area contributed by atoms with E-state index in [1.165, 1.54) is 21.3 Å². The minimum atomic E-state index is -0.359. The van der Waals surface area contributed by atoms with Gasteiger partial charge in [0.25, 0.3) is 0 Å². The van der Waals surface area contributed by atoms with Gasteiger partial charge in [0, 0.05) is 46.1 Å². The van der Waals surface area contributed by atoms with Crippen molar-refractivity contribution >= 4 is 47.8 Å². The van der Waals surface area contributed by atoms with Crippen LogP contribution in [0.5, 0.6) is 0 Å². The lowest BCUT2D eigenvalue weighted by Crippen LogP contribution is -3.00. The van der Waals surface area contributed by atoms with Crippen LogP contribution in [0.2, 0.25) is 0 Å². The van der Waals surface area contributed by atoms with Crippen molar-refractivity contribution in [3.05, 3.63) is 98.7 Å². The first kappa shape index (κ1) is 85.5. The van der Waals surface area contributed by atoms with Crippen LogP contribution in [0.25, 0.3) is 0 Å². The summed E-state index contributed by atoms with van der Waals surface area (Å²) < 4.78 is 37.6. The summed E-state index contributed by atoms with van der Waals surface area (Å²) in [5.41, 5.74) is 2.21. The number of methoxy groups -OCH3 is 3. The van der Waals surface area contributed by atoms with E-state index in [0.717, 1.165) is 40.3 Å². The Kier molecular flexibility index (Phi) is 69.8. The smallest absolute Gasteiger partial charge is 0.333 e. The van der Waals surface area contributed by atoms with E-state index in [9.17, 15) is 38.4 Å². The Morgan fingerprint density at radius 3 is 0.632 bits per heavy atom. The number of likely N-dealkylation sites (N-methyl/N-ethyl adjacent to an activating group) is 2. The van der Waals surface area contributed by atoms with Crippen LogP contribution in [-0.2, 0) is 76.3 Å². The molecular formula is C48H84Cl2N2O16. The average Bonchev–Trinajstić information content (AvgIpc) is 3.23. The van der Waals surface area contributed by atoms with E-state index in [1.807, 2.05) is 0 Å². The summed E-state index contributed by atoms with van der Waals surface area (Å²) in [5.74, 6) is -2.72. The summed E-state index contributed by atoms with van der Waals surface area (Å²) in [6, 6.07) is 0. The Balaban J connectivity index is -0.0000000713. The maximum Gasteiger partial charge on any atom is 0.333 e. The maximum absolute atomic E-state index is 10.9. The molecule has 396 valence electrons. The van der Waals surface area contributed by atoms with Crippen LogP contribution < -0.4 is 24.8 Å². The van der Waals surface area contributed by atoms with E-state index in [0.29, 0.717) is 60.9 Å². The van der Waals surface area contributed by atoms with Crippen molar-refractivity contribution in [2.24, 2.45) is 0 Å². The number of carbonyl (C=O) groups is 8. The highest BCUT2D eigenvalue weighted by molar-refractivity contribution is 5.88. The van der Waals surface area contributed by atoms with Gasteiger partial charge in [-0.25, -0.2) is 38.4 Å². The molecule has 20 heteroatoms. The highest BCUT2D eigenvalue weighted by Crippen LogP contribution is 1.96. The number of hydrogen-bond acceptors (Lipinski definition) is 16. The third-order valence-corrected chi connectivity index (χ3v) is 5.65. The van der Waals surface area contributed by atoms with Crippen molar-refractivity contribution in [3.63, 3.8) is 0 Å². The van der Waals surface area contributed by atoms with E-state index < -0.39 is 0 Å². The van der Waals surface area contributed by atoms with E-state index in [-0.39, 0.29) is 72.6 Å². The summed E-state index contributed by atoms with van der Waals surface area (Å²) >= 11 is 0. The first-order valence-electron chi connectivity index (χ1n) is 20.0. The average molecular weight is 1020 g/mol. The van der Waals surface area contributed by atoms with Crippen molar-refractivity contribution in [1.29, 1.82) is 0 Å². The summed E-state index contributed by atoms with van der Waals surface area (Å²) in [7, 11) is 16.3. The Hall–Kier alpha value is -5.82. The monoisotopic (exact) mass is 1010 g/mol. The number of esters is 8. The van der Waals surface area contributed by atoms with Crippen LogP contribution in [0, 0.1) is 0 Å². The van der Waals surface area contributed by atoms with Crippen molar-refractivity contribution in [3.8, 4) is 0 Å². The molecule has 0 heterocycles. The number of ether oxygens (including phenoxy) is 8.